The summed E-state index contributed by atoms with van der Waals surface area (Å²) in [4.78, 5) is 13.5. The maximum Gasteiger partial charge on any atom is 0.248 e. The Morgan fingerprint density at radius 1 is 1.38 bits per heavy atom. The highest BCUT2D eigenvalue weighted by atomic mass is 16.3. The smallest absolute Gasteiger partial charge is 0.248 e. The fraction of sp³-hybridized carbons (Fsp3) is 0. The summed E-state index contributed by atoms with van der Waals surface area (Å²) in [7, 11) is 0. The predicted molar refractivity (Wildman–Crippen MR) is 48.5 cm³/mol. The third-order valence-electron chi connectivity index (χ3n) is 1.89. The second kappa shape index (κ2) is 2.52. The van der Waals surface area contributed by atoms with Gasteiger partial charge in [-0.15, -0.1) is 0 Å². The molecular weight excluding hydrogens is 168 g/mol. The number of aromatic amines is 1. The van der Waals surface area contributed by atoms with Crippen LogP contribution < -0.4 is 5.73 Å². The van der Waals surface area contributed by atoms with Crippen molar-refractivity contribution in [2.45, 2.75) is 0 Å². The average molecular weight is 176 g/mol. The van der Waals surface area contributed by atoms with Crippen molar-refractivity contribution >= 4 is 16.8 Å². The summed E-state index contributed by atoms with van der Waals surface area (Å²) >= 11 is 0. The minimum absolute atomic E-state index is 0.0802. The Kier molecular flexibility index (Phi) is 1.48. The number of carbonyl (C=O) groups excluding carboxylic acids is 1. The highest BCUT2D eigenvalue weighted by Gasteiger charge is 2.03. The van der Waals surface area contributed by atoms with Crippen LogP contribution >= 0.6 is 0 Å². The number of H-pyrrole nitrogens is 1. The largest absolute Gasteiger partial charge is 0.495 e. The van der Waals surface area contributed by atoms with Crippen LogP contribution in [0.15, 0.2) is 24.3 Å². The molecule has 4 nitrogen and oxygen atoms in total. The molecule has 4 heteroatoms. The summed E-state index contributed by atoms with van der Waals surface area (Å²) in [5, 5.41) is 9.96. The molecule has 1 heterocycles. The number of rotatable bonds is 1. The van der Waals surface area contributed by atoms with E-state index in [1.165, 1.54) is 0 Å². The molecule has 0 spiro atoms. The summed E-state index contributed by atoms with van der Waals surface area (Å²) < 4.78 is 0. The molecule has 2 rings (SSSR count). The van der Waals surface area contributed by atoms with Gasteiger partial charge in [-0.2, -0.15) is 0 Å². The Labute approximate surface area is 74.0 Å². The van der Waals surface area contributed by atoms with Crippen molar-refractivity contribution in [2.24, 2.45) is 5.73 Å². The molecule has 0 aliphatic carbocycles. The van der Waals surface area contributed by atoms with Crippen LogP contribution in [0.4, 0.5) is 0 Å². The molecule has 0 atom stereocenters. The van der Waals surface area contributed by atoms with Crippen LogP contribution in [0.2, 0.25) is 0 Å². The number of primary amides is 1. The van der Waals surface area contributed by atoms with Gasteiger partial charge in [0.05, 0.1) is 0 Å². The van der Waals surface area contributed by atoms with Gasteiger partial charge in [-0.05, 0) is 12.1 Å². The number of aromatic nitrogens is 1. The van der Waals surface area contributed by atoms with Crippen molar-refractivity contribution in [2.75, 3.05) is 0 Å². The first-order valence-electron chi connectivity index (χ1n) is 3.78. The molecule has 1 amide bonds. The zero-order valence-corrected chi connectivity index (χ0v) is 6.74. The van der Waals surface area contributed by atoms with E-state index in [9.17, 15) is 4.79 Å². The van der Waals surface area contributed by atoms with Gasteiger partial charge in [-0.3, -0.25) is 4.79 Å². The van der Waals surface area contributed by atoms with Crippen LogP contribution in [-0.4, -0.2) is 16.0 Å². The van der Waals surface area contributed by atoms with Crippen molar-refractivity contribution < 1.29 is 9.90 Å². The first kappa shape index (κ1) is 7.67. The van der Waals surface area contributed by atoms with Gasteiger partial charge in [-0.25, -0.2) is 0 Å². The van der Waals surface area contributed by atoms with Crippen LogP contribution in [0.3, 0.4) is 0 Å². The van der Waals surface area contributed by atoms with E-state index >= 15 is 0 Å². The zero-order chi connectivity index (χ0) is 9.42. The average Bonchev–Trinajstić information content (AvgIpc) is 2.42. The first-order valence-corrected chi connectivity index (χ1v) is 3.78. The molecule has 0 radical (unpaired) electrons. The lowest BCUT2D eigenvalue weighted by Crippen LogP contribution is -2.10. The number of amides is 1. The number of benzene rings is 1. The van der Waals surface area contributed by atoms with Crippen LogP contribution in [0, 0.1) is 0 Å². The lowest BCUT2D eigenvalue weighted by Gasteiger charge is -1.94. The second-order valence-electron chi connectivity index (χ2n) is 2.82. The fourth-order valence-electron chi connectivity index (χ4n) is 1.27. The van der Waals surface area contributed by atoms with Gasteiger partial charge in [0.2, 0.25) is 5.91 Å². The van der Waals surface area contributed by atoms with E-state index in [2.05, 4.69) is 4.98 Å². The molecule has 2 aromatic rings. The SMILES string of the molecule is NC(=O)c1ccc2cc(O)[nH]c2c1. The Balaban J connectivity index is 2.67. The highest BCUT2D eigenvalue weighted by molar-refractivity contribution is 5.97. The van der Waals surface area contributed by atoms with Crippen LogP contribution in [0.1, 0.15) is 10.4 Å². The van der Waals surface area contributed by atoms with Crippen molar-refractivity contribution in [1.29, 1.82) is 0 Å². The lowest BCUT2D eigenvalue weighted by atomic mass is 10.1. The van der Waals surface area contributed by atoms with Gasteiger partial charge in [0.25, 0.3) is 0 Å². The molecule has 1 aromatic heterocycles. The van der Waals surface area contributed by atoms with E-state index in [1.807, 2.05) is 0 Å². The molecule has 0 saturated heterocycles. The minimum Gasteiger partial charge on any atom is -0.495 e. The maximum atomic E-state index is 10.8. The highest BCUT2D eigenvalue weighted by Crippen LogP contribution is 2.20. The van der Waals surface area contributed by atoms with E-state index in [4.69, 9.17) is 10.8 Å². The molecule has 0 bridgehead atoms. The zero-order valence-electron chi connectivity index (χ0n) is 6.74. The number of hydrogen-bond donors (Lipinski definition) is 3. The van der Waals surface area contributed by atoms with E-state index in [1.54, 1.807) is 24.3 Å². The van der Waals surface area contributed by atoms with Gasteiger partial charge >= 0.3 is 0 Å². The van der Waals surface area contributed by atoms with Gasteiger partial charge in [-0.1, -0.05) is 6.07 Å². The van der Waals surface area contributed by atoms with Crippen LogP contribution in [0.5, 0.6) is 5.88 Å². The maximum absolute atomic E-state index is 10.8. The molecular formula is C9H8N2O2. The Morgan fingerprint density at radius 3 is 2.85 bits per heavy atom. The number of aromatic hydroxyl groups is 1. The van der Waals surface area contributed by atoms with Crippen LogP contribution in [-0.2, 0) is 0 Å². The number of carbonyl (C=O) groups is 1. The normalized spacial score (nSPS) is 10.5. The molecule has 0 aliphatic heterocycles. The summed E-state index contributed by atoms with van der Waals surface area (Å²) in [6, 6.07) is 6.54. The van der Waals surface area contributed by atoms with Gasteiger partial charge in [0, 0.05) is 22.5 Å². The third-order valence-corrected chi connectivity index (χ3v) is 1.89. The minimum atomic E-state index is -0.476. The fourth-order valence-corrected chi connectivity index (χ4v) is 1.27. The van der Waals surface area contributed by atoms with Crippen LogP contribution in [0.25, 0.3) is 10.9 Å². The van der Waals surface area contributed by atoms with Crippen molar-refractivity contribution in [3.05, 3.63) is 29.8 Å². The third kappa shape index (κ3) is 1.22. The lowest BCUT2D eigenvalue weighted by molar-refractivity contribution is 0.100. The van der Waals surface area contributed by atoms with E-state index in [0.29, 0.717) is 11.1 Å². The van der Waals surface area contributed by atoms with Crippen molar-refractivity contribution in [3.8, 4) is 5.88 Å². The Bertz CT molecular complexity index is 473. The summed E-state index contributed by atoms with van der Waals surface area (Å²) in [6.07, 6.45) is 0. The van der Waals surface area contributed by atoms with E-state index in [-0.39, 0.29) is 5.88 Å². The van der Waals surface area contributed by atoms with E-state index < -0.39 is 5.91 Å². The molecule has 0 aliphatic rings. The molecule has 4 N–H and O–H groups in total. The van der Waals surface area contributed by atoms with Gasteiger partial charge in [0.15, 0.2) is 5.88 Å². The Morgan fingerprint density at radius 2 is 2.15 bits per heavy atom. The molecule has 0 unspecified atom stereocenters. The molecule has 0 fully saturated rings. The number of fused-ring (bicyclic) bond motifs is 1. The van der Waals surface area contributed by atoms with Crippen molar-refractivity contribution in [1.82, 2.24) is 4.98 Å². The molecule has 13 heavy (non-hydrogen) atoms. The Hall–Kier alpha value is -1.97. The van der Waals surface area contributed by atoms with Crippen molar-refractivity contribution in [3.63, 3.8) is 0 Å². The molecule has 66 valence electrons. The number of nitrogens with two attached hydrogens (primary N) is 1. The second-order valence-corrected chi connectivity index (χ2v) is 2.82. The van der Waals surface area contributed by atoms with Gasteiger partial charge in [0.1, 0.15) is 0 Å². The summed E-state index contributed by atoms with van der Waals surface area (Å²) in [5.41, 5.74) is 6.22. The topological polar surface area (TPSA) is 79.1 Å². The summed E-state index contributed by atoms with van der Waals surface area (Å²) in [5.74, 6) is -0.396. The number of hydrogen-bond acceptors (Lipinski definition) is 2. The standard InChI is InChI=1S/C9H8N2O2/c10-9(13)6-2-1-5-4-8(12)11-7(5)3-6/h1-4,11-12H,(H2,10,13). The van der Waals surface area contributed by atoms with Gasteiger partial charge < -0.3 is 15.8 Å². The summed E-state index contributed by atoms with van der Waals surface area (Å²) in [6.45, 7) is 0. The molecule has 1 aromatic carbocycles. The first-order chi connectivity index (χ1) is 6.16. The number of nitrogens with one attached hydrogen (secondary N) is 1. The predicted octanol–water partition coefficient (Wildman–Crippen LogP) is 0.972. The molecule has 0 saturated carbocycles. The quantitative estimate of drug-likeness (QED) is 0.605. The van der Waals surface area contributed by atoms with E-state index in [0.717, 1.165) is 5.39 Å². The monoisotopic (exact) mass is 176 g/mol.